The first-order valence-electron chi connectivity index (χ1n) is 9.23. The van der Waals surface area contributed by atoms with Crippen LogP contribution >= 0.6 is 0 Å². The smallest absolute Gasteiger partial charge is 0.221 e. The first kappa shape index (κ1) is 18.8. The van der Waals surface area contributed by atoms with Crippen molar-refractivity contribution in [3.05, 3.63) is 59.7 Å². The average Bonchev–Trinajstić information content (AvgIpc) is 2.98. The monoisotopic (exact) mass is 363 g/mol. The van der Waals surface area contributed by atoms with E-state index in [0.29, 0.717) is 13.0 Å². The van der Waals surface area contributed by atoms with E-state index < -0.39 is 0 Å². The van der Waals surface area contributed by atoms with Gasteiger partial charge in [-0.3, -0.25) is 4.79 Å². The number of aryl methyl sites for hydroxylation is 1. The van der Waals surface area contributed by atoms with Gasteiger partial charge >= 0.3 is 0 Å². The summed E-state index contributed by atoms with van der Waals surface area (Å²) in [4.78, 5) is 11.8. The van der Waals surface area contributed by atoms with Gasteiger partial charge in [0.25, 0.3) is 0 Å². The topological polar surface area (TPSA) is 47.6 Å². The van der Waals surface area contributed by atoms with Gasteiger partial charge in [-0.1, -0.05) is 54.3 Å². The highest BCUT2D eigenvalue weighted by Gasteiger charge is 2.32. The Morgan fingerprint density at radius 3 is 2.78 bits per heavy atom. The normalized spacial score (nSPS) is 13.7. The number of fused-ring (bicyclic) bond motifs is 1. The third-order valence-corrected chi connectivity index (χ3v) is 4.34. The second-order valence-corrected chi connectivity index (χ2v) is 7.19. The van der Waals surface area contributed by atoms with Crippen molar-refractivity contribution >= 4 is 5.91 Å². The van der Waals surface area contributed by atoms with Crippen LogP contribution in [0.5, 0.6) is 11.5 Å². The fraction of sp³-hybridized carbons (Fsp3) is 0.348. The van der Waals surface area contributed by atoms with E-state index >= 15 is 0 Å². The summed E-state index contributed by atoms with van der Waals surface area (Å²) in [7, 11) is 0. The maximum Gasteiger partial charge on any atom is 0.221 e. The van der Waals surface area contributed by atoms with Crippen LogP contribution < -0.4 is 14.8 Å². The Kier molecular flexibility index (Phi) is 6.03. The zero-order valence-corrected chi connectivity index (χ0v) is 15.9. The van der Waals surface area contributed by atoms with Gasteiger partial charge in [0, 0.05) is 18.4 Å². The predicted molar refractivity (Wildman–Crippen MR) is 106 cm³/mol. The number of amides is 1. The van der Waals surface area contributed by atoms with E-state index in [9.17, 15) is 4.79 Å². The highest BCUT2D eigenvalue weighted by atomic mass is 16.5. The summed E-state index contributed by atoms with van der Waals surface area (Å²) in [5.74, 6) is 7.40. The van der Waals surface area contributed by atoms with E-state index in [4.69, 9.17) is 9.47 Å². The molecule has 0 saturated heterocycles. The molecule has 3 rings (SSSR count). The molecule has 27 heavy (non-hydrogen) atoms. The lowest BCUT2D eigenvalue weighted by Gasteiger charge is -2.17. The molecule has 1 aliphatic rings. The second-order valence-electron chi connectivity index (χ2n) is 7.19. The van der Waals surface area contributed by atoms with Crippen LogP contribution in [-0.2, 0) is 17.6 Å². The van der Waals surface area contributed by atoms with Crippen molar-refractivity contribution in [2.24, 2.45) is 0 Å². The molecule has 140 valence electrons. The van der Waals surface area contributed by atoms with Crippen molar-refractivity contribution in [2.75, 3.05) is 13.2 Å². The van der Waals surface area contributed by atoms with E-state index in [-0.39, 0.29) is 18.1 Å². The van der Waals surface area contributed by atoms with Gasteiger partial charge in [0.15, 0.2) is 11.5 Å². The molecule has 0 aromatic heterocycles. The molecule has 2 aromatic carbocycles. The molecule has 0 aliphatic carbocycles. The molecule has 0 bridgehead atoms. The number of hydrogen-bond acceptors (Lipinski definition) is 3. The van der Waals surface area contributed by atoms with E-state index in [1.165, 1.54) is 0 Å². The highest BCUT2D eigenvalue weighted by Crippen LogP contribution is 2.41. The van der Waals surface area contributed by atoms with Crippen LogP contribution in [0.25, 0.3) is 0 Å². The first-order valence-corrected chi connectivity index (χ1v) is 9.23. The van der Waals surface area contributed by atoms with Crippen LogP contribution in [0.1, 0.15) is 31.4 Å². The number of benzene rings is 2. The van der Waals surface area contributed by atoms with E-state index in [2.05, 4.69) is 37.1 Å². The van der Waals surface area contributed by atoms with Crippen molar-refractivity contribution in [2.45, 2.75) is 38.7 Å². The van der Waals surface area contributed by atoms with Crippen LogP contribution in [0.3, 0.4) is 0 Å². The van der Waals surface area contributed by atoms with E-state index in [1.807, 2.05) is 42.5 Å². The Morgan fingerprint density at radius 2 is 1.96 bits per heavy atom. The summed E-state index contributed by atoms with van der Waals surface area (Å²) in [5, 5.41) is 2.81. The molecule has 1 heterocycles. The maximum absolute atomic E-state index is 11.8. The minimum atomic E-state index is -0.197. The van der Waals surface area contributed by atoms with Gasteiger partial charge in [0.1, 0.15) is 12.2 Å². The molecule has 0 atom stereocenters. The number of carbonyl (C=O) groups is 1. The van der Waals surface area contributed by atoms with Crippen LogP contribution in [0, 0.1) is 11.8 Å². The number of para-hydroxylation sites is 1. The Morgan fingerprint density at radius 1 is 1.15 bits per heavy atom. The predicted octanol–water partition coefficient (Wildman–Crippen LogP) is 3.53. The quantitative estimate of drug-likeness (QED) is 0.799. The van der Waals surface area contributed by atoms with Gasteiger partial charge < -0.3 is 14.8 Å². The van der Waals surface area contributed by atoms with Crippen molar-refractivity contribution in [3.8, 4) is 23.3 Å². The Bertz CT molecular complexity index is 847. The minimum absolute atomic E-state index is 0.00517. The number of rotatable bonds is 6. The molecule has 0 radical (unpaired) electrons. The summed E-state index contributed by atoms with van der Waals surface area (Å²) < 4.78 is 11.7. The zero-order chi connectivity index (χ0) is 19.1. The largest absolute Gasteiger partial charge is 0.483 e. The van der Waals surface area contributed by atoms with Gasteiger partial charge in [0.05, 0.1) is 6.54 Å². The summed E-state index contributed by atoms with van der Waals surface area (Å²) in [6, 6.07) is 15.9. The molecule has 1 aliphatic heterocycles. The van der Waals surface area contributed by atoms with Gasteiger partial charge in [-0.25, -0.2) is 0 Å². The molecular weight excluding hydrogens is 338 g/mol. The molecule has 0 spiro atoms. The van der Waals surface area contributed by atoms with Gasteiger partial charge in [-0.15, -0.1) is 0 Å². The summed E-state index contributed by atoms with van der Waals surface area (Å²) in [6.45, 7) is 4.72. The number of hydrogen-bond donors (Lipinski definition) is 1. The molecule has 0 fully saturated rings. The van der Waals surface area contributed by atoms with Gasteiger partial charge in [0.2, 0.25) is 5.91 Å². The first-order chi connectivity index (χ1) is 13.0. The Hall–Kier alpha value is -2.93. The number of ether oxygens (including phenoxy) is 2. The third-order valence-electron chi connectivity index (χ3n) is 4.34. The molecule has 0 unspecified atom stereocenters. The van der Waals surface area contributed by atoms with Gasteiger partial charge in [-0.2, -0.15) is 0 Å². The van der Waals surface area contributed by atoms with Crippen LogP contribution in [0.15, 0.2) is 48.5 Å². The minimum Gasteiger partial charge on any atom is -0.483 e. The average molecular weight is 363 g/mol. The van der Waals surface area contributed by atoms with E-state index in [1.54, 1.807) is 0 Å². The summed E-state index contributed by atoms with van der Waals surface area (Å²) in [6.07, 6.45) is 2.07. The molecule has 4 heteroatoms. The summed E-state index contributed by atoms with van der Waals surface area (Å²) in [5.41, 5.74) is 2.13. The zero-order valence-electron chi connectivity index (χ0n) is 15.9. The molecule has 4 nitrogen and oxygen atoms in total. The molecule has 1 N–H and O–H groups in total. The van der Waals surface area contributed by atoms with Crippen molar-refractivity contribution in [1.82, 2.24) is 5.32 Å². The molecule has 2 aromatic rings. The fourth-order valence-corrected chi connectivity index (χ4v) is 3.06. The Balaban J connectivity index is 1.38. The molecule has 1 amide bonds. The summed E-state index contributed by atoms with van der Waals surface area (Å²) >= 11 is 0. The number of carbonyl (C=O) groups excluding carboxylic acids is 1. The van der Waals surface area contributed by atoms with Crippen LogP contribution in [0.2, 0.25) is 0 Å². The third kappa shape index (κ3) is 5.52. The van der Waals surface area contributed by atoms with Crippen molar-refractivity contribution < 1.29 is 14.3 Å². The highest BCUT2D eigenvalue weighted by molar-refractivity contribution is 5.76. The van der Waals surface area contributed by atoms with Crippen LogP contribution in [0.4, 0.5) is 0 Å². The lowest BCUT2D eigenvalue weighted by atomic mass is 10.0. The second kappa shape index (κ2) is 8.64. The van der Waals surface area contributed by atoms with Crippen molar-refractivity contribution in [1.29, 1.82) is 0 Å². The van der Waals surface area contributed by atoms with Crippen molar-refractivity contribution in [3.63, 3.8) is 0 Å². The van der Waals surface area contributed by atoms with E-state index in [0.717, 1.165) is 35.5 Å². The van der Waals surface area contributed by atoms with Crippen LogP contribution in [-0.4, -0.2) is 24.7 Å². The number of nitrogens with one attached hydrogen (secondary N) is 1. The Labute approximate surface area is 160 Å². The van der Waals surface area contributed by atoms with Gasteiger partial charge in [-0.05, 0) is 31.9 Å². The standard InChI is InChI=1S/C23H25NO3/c1-23(2)17-19-11-8-12-20(22(19)27-23)26-16-7-6-15-24-21(25)14-13-18-9-4-3-5-10-18/h3-5,8-12H,13-17H2,1-2H3,(H,24,25). The molecule has 0 saturated carbocycles. The maximum atomic E-state index is 11.8. The SMILES string of the molecule is CC1(C)Cc2cccc(OCC#CCNC(=O)CCc3ccccc3)c2O1. The lowest BCUT2D eigenvalue weighted by Crippen LogP contribution is -2.24. The molecular formula is C23H25NO3. The fourth-order valence-electron chi connectivity index (χ4n) is 3.06. The lowest BCUT2D eigenvalue weighted by molar-refractivity contribution is -0.120.